The molecule has 0 nitrogen and oxygen atoms in total. The SMILES string of the molecule is CCCSCC1(CS)CCCC1. The van der Waals surface area contributed by atoms with E-state index in [1.165, 1.54) is 43.6 Å². The van der Waals surface area contributed by atoms with E-state index < -0.39 is 0 Å². The van der Waals surface area contributed by atoms with E-state index in [0.717, 1.165) is 5.75 Å². The van der Waals surface area contributed by atoms with Gasteiger partial charge in [0.25, 0.3) is 0 Å². The van der Waals surface area contributed by atoms with Gasteiger partial charge >= 0.3 is 0 Å². The molecule has 1 aliphatic carbocycles. The molecule has 0 N–H and O–H groups in total. The minimum absolute atomic E-state index is 0.614. The fourth-order valence-electron chi connectivity index (χ4n) is 1.91. The van der Waals surface area contributed by atoms with Gasteiger partial charge < -0.3 is 0 Å². The molecule has 0 aromatic heterocycles. The molecule has 2 heteroatoms. The number of thiol groups is 1. The lowest BCUT2D eigenvalue weighted by atomic mass is 9.91. The molecule has 0 aliphatic heterocycles. The Morgan fingerprint density at radius 3 is 2.50 bits per heavy atom. The van der Waals surface area contributed by atoms with Crippen LogP contribution in [0.1, 0.15) is 39.0 Å². The molecule has 0 aromatic rings. The van der Waals surface area contributed by atoms with Crippen LogP contribution in [0.4, 0.5) is 0 Å². The van der Waals surface area contributed by atoms with Crippen LogP contribution in [0.25, 0.3) is 0 Å². The first-order valence-corrected chi connectivity index (χ1v) is 6.80. The fraction of sp³-hybridized carbons (Fsp3) is 1.00. The molecule has 1 fully saturated rings. The molecular weight excluding hydrogens is 184 g/mol. The third-order valence-electron chi connectivity index (χ3n) is 2.76. The maximum absolute atomic E-state index is 4.49. The first-order valence-electron chi connectivity index (χ1n) is 5.01. The summed E-state index contributed by atoms with van der Waals surface area (Å²) in [6.07, 6.45) is 7.04. The molecule has 0 saturated heterocycles. The highest BCUT2D eigenvalue weighted by molar-refractivity contribution is 7.99. The van der Waals surface area contributed by atoms with Crippen LogP contribution >= 0.6 is 24.4 Å². The Hall–Kier alpha value is 0.700. The lowest BCUT2D eigenvalue weighted by molar-refractivity contribution is 0.403. The Balaban J connectivity index is 2.24. The van der Waals surface area contributed by atoms with E-state index >= 15 is 0 Å². The number of hydrogen-bond donors (Lipinski definition) is 1. The summed E-state index contributed by atoms with van der Waals surface area (Å²) >= 11 is 6.62. The van der Waals surface area contributed by atoms with Crippen LogP contribution in [0.15, 0.2) is 0 Å². The summed E-state index contributed by atoms with van der Waals surface area (Å²) in [5.41, 5.74) is 0.614. The Morgan fingerprint density at radius 1 is 1.33 bits per heavy atom. The van der Waals surface area contributed by atoms with Gasteiger partial charge in [0.05, 0.1) is 0 Å². The fourth-order valence-corrected chi connectivity index (χ4v) is 3.74. The van der Waals surface area contributed by atoms with Gasteiger partial charge in [-0.05, 0) is 41.9 Å². The maximum Gasteiger partial charge on any atom is -0.000300 e. The first kappa shape index (κ1) is 10.8. The van der Waals surface area contributed by atoms with E-state index in [0.29, 0.717) is 5.41 Å². The second-order valence-corrected chi connectivity index (χ2v) is 5.34. The van der Waals surface area contributed by atoms with Crippen LogP contribution in [0.2, 0.25) is 0 Å². The largest absolute Gasteiger partial charge is 0.179 e. The summed E-state index contributed by atoms with van der Waals surface area (Å²) in [4.78, 5) is 0. The minimum Gasteiger partial charge on any atom is -0.179 e. The predicted octanol–water partition coefficient (Wildman–Crippen LogP) is 3.62. The molecule has 0 heterocycles. The van der Waals surface area contributed by atoms with Gasteiger partial charge in [0.1, 0.15) is 0 Å². The second-order valence-electron chi connectivity index (χ2n) is 3.92. The van der Waals surface area contributed by atoms with Crippen LogP contribution < -0.4 is 0 Å². The van der Waals surface area contributed by atoms with Gasteiger partial charge in [-0.2, -0.15) is 24.4 Å². The third kappa shape index (κ3) is 2.88. The summed E-state index contributed by atoms with van der Waals surface area (Å²) in [6, 6.07) is 0. The Morgan fingerprint density at radius 2 is 2.00 bits per heavy atom. The number of hydrogen-bond acceptors (Lipinski definition) is 2. The van der Waals surface area contributed by atoms with Gasteiger partial charge in [0.15, 0.2) is 0 Å². The zero-order valence-electron chi connectivity index (χ0n) is 8.01. The maximum atomic E-state index is 4.49. The Bertz CT molecular complexity index is 117. The predicted molar refractivity (Wildman–Crippen MR) is 62.4 cm³/mol. The van der Waals surface area contributed by atoms with Gasteiger partial charge in [0, 0.05) is 0 Å². The summed E-state index contributed by atoms with van der Waals surface area (Å²) in [6.45, 7) is 2.26. The van der Waals surface area contributed by atoms with Crippen LogP contribution in [-0.4, -0.2) is 17.3 Å². The van der Waals surface area contributed by atoms with E-state index in [2.05, 4.69) is 31.3 Å². The first-order chi connectivity index (χ1) is 5.83. The van der Waals surface area contributed by atoms with Crippen LogP contribution in [0, 0.1) is 5.41 Å². The highest BCUT2D eigenvalue weighted by Crippen LogP contribution is 2.41. The molecule has 0 atom stereocenters. The summed E-state index contributed by atoms with van der Waals surface area (Å²) in [5.74, 6) is 3.78. The summed E-state index contributed by atoms with van der Waals surface area (Å²) in [7, 11) is 0. The van der Waals surface area contributed by atoms with Gasteiger partial charge in [-0.25, -0.2) is 0 Å². The molecule has 1 rings (SSSR count). The second kappa shape index (κ2) is 5.43. The lowest BCUT2D eigenvalue weighted by Crippen LogP contribution is -2.21. The average molecular weight is 204 g/mol. The molecule has 12 heavy (non-hydrogen) atoms. The highest BCUT2D eigenvalue weighted by atomic mass is 32.2. The van der Waals surface area contributed by atoms with E-state index in [-0.39, 0.29) is 0 Å². The third-order valence-corrected chi connectivity index (χ3v) is 4.94. The van der Waals surface area contributed by atoms with Crippen molar-refractivity contribution in [2.24, 2.45) is 5.41 Å². The van der Waals surface area contributed by atoms with Crippen molar-refractivity contribution in [3.63, 3.8) is 0 Å². The topological polar surface area (TPSA) is 0 Å². The Labute approximate surface area is 86.3 Å². The number of rotatable bonds is 5. The molecule has 0 bridgehead atoms. The molecule has 72 valence electrons. The molecule has 1 aliphatic rings. The molecule has 0 spiro atoms. The molecular formula is C10H20S2. The van der Waals surface area contributed by atoms with Crippen molar-refractivity contribution in [1.29, 1.82) is 0 Å². The van der Waals surface area contributed by atoms with Crippen LogP contribution in [0.5, 0.6) is 0 Å². The van der Waals surface area contributed by atoms with Crippen LogP contribution in [0.3, 0.4) is 0 Å². The normalized spacial score (nSPS) is 21.5. The summed E-state index contributed by atoms with van der Waals surface area (Å²) in [5, 5.41) is 0. The van der Waals surface area contributed by atoms with Crippen molar-refractivity contribution in [1.82, 2.24) is 0 Å². The zero-order chi connectivity index (χ0) is 8.86. The molecule has 0 radical (unpaired) electrons. The molecule has 1 saturated carbocycles. The van der Waals surface area contributed by atoms with E-state index in [1.54, 1.807) is 0 Å². The van der Waals surface area contributed by atoms with Gasteiger partial charge in [0.2, 0.25) is 0 Å². The summed E-state index contributed by atoms with van der Waals surface area (Å²) < 4.78 is 0. The monoisotopic (exact) mass is 204 g/mol. The standard InChI is InChI=1S/C10H20S2/c1-2-7-12-9-10(8-11)5-3-4-6-10/h11H,2-9H2,1H3. The zero-order valence-corrected chi connectivity index (χ0v) is 9.72. The molecule has 0 unspecified atom stereocenters. The minimum atomic E-state index is 0.614. The van der Waals surface area contributed by atoms with E-state index in [4.69, 9.17) is 0 Å². The van der Waals surface area contributed by atoms with Crippen LogP contribution in [-0.2, 0) is 0 Å². The smallest absolute Gasteiger partial charge is 0.000300 e. The quantitative estimate of drug-likeness (QED) is 0.527. The number of thioether (sulfide) groups is 1. The average Bonchev–Trinajstić information content (AvgIpc) is 2.55. The van der Waals surface area contributed by atoms with Crippen molar-refractivity contribution in [2.45, 2.75) is 39.0 Å². The molecule has 0 aromatic carbocycles. The van der Waals surface area contributed by atoms with Crippen molar-refractivity contribution >= 4 is 24.4 Å². The molecule has 0 amide bonds. The lowest BCUT2D eigenvalue weighted by Gasteiger charge is -2.26. The van der Waals surface area contributed by atoms with Crippen molar-refractivity contribution in [3.05, 3.63) is 0 Å². The van der Waals surface area contributed by atoms with Gasteiger partial charge in [-0.3, -0.25) is 0 Å². The van der Waals surface area contributed by atoms with E-state index in [1.807, 2.05) is 0 Å². The van der Waals surface area contributed by atoms with Gasteiger partial charge in [-0.15, -0.1) is 0 Å². The van der Waals surface area contributed by atoms with Crippen molar-refractivity contribution < 1.29 is 0 Å². The Kier molecular flexibility index (Phi) is 4.88. The van der Waals surface area contributed by atoms with E-state index in [9.17, 15) is 0 Å². The van der Waals surface area contributed by atoms with Crippen molar-refractivity contribution in [2.75, 3.05) is 17.3 Å². The van der Waals surface area contributed by atoms with Gasteiger partial charge in [-0.1, -0.05) is 19.8 Å². The highest BCUT2D eigenvalue weighted by Gasteiger charge is 2.31. The van der Waals surface area contributed by atoms with Crippen molar-refractivity contribution in [3.8, 4) is 0 Å².